The first-order valence-corrected chi connectivity index (χ1v) is 15.6. The van der Waals surface area contributed by atoms with Gasteiger partial charge in [0.2, 0.25) is 0 Å². The lowest BCUT2D eigenvalue weighted by atomic mass is 9.87. The Morgan fingerprint density at radius 2 is 2.00 bits per heavy atom. The first-order chi connectivity index (χ1) is 21.5. The molecule has 1 atom stereocenters. The van der Waals surface area contributed by atoms with Crippen molar-refractivity contribution in [3.05, 3.63) is 80.8 Å². The van der Waals surface area contributed by atoms with Crippen LogP contribution < -0.4 is 9.47 Å². The number of aromatic nitrogens is 5. The lowest BCUT2D eigenvalue weighted by molar-refractivity contribution is 0.0697. The first kappa shape index (κ1) is 30.9. The summed E-state index contributed by atoms with van der Waals surface area (Å²) in [6.45, 7) is 9.58. The molecule has 0 saturated carbocycles. The van der Waals surface area contributed by atoms with E-state index in [0.717, 1.165) is 28.0 Å². The second-order valence-corrected chi connectivity index (χ2v) is 13.0. The molecule has 3 aromatic heterocycles. The number of carbonyl (C=O) groups is 1. The third-order valence-electron chi connectivity index (χ3n) is 7.85. The first-order valence-electron chi connectivity index (χ1n) is 14.4. The van der Waals surface area contributed by atoms with E-state index >= 15 is 0 Å². The van der Waals surface area contributed by atoms with E-state index in [1.54, 1.807) is 24.3 Å². The van der Waals surface area contributed by atoms with Gasteiger partial charge in [-0.15, -0.1) is 5.10 Å². The van der Waals surface area contributed by atoms with Crippen LogP contribution in [0.2, 0.25) is 5.02 Å². The zero-order valence-corrected chi connectivity index (χ0v) is 26.7. The lowest BCUT2D eigenvalue weighted by Gasteiger charge is -2.28. The van der Waals surface area contributed by atoms with Crippen molar-refractivity contribution in [1.29, 1.82) is 0 Å². The summed E-state index contributed by atoms with van der Waals surface area (Å²) in [6.07, 6.45) is 0.403. The normalized spacial score (nSPS) is 15.9. The quantitative estimate of drug-likeness (QED) is 0.172. The number of hydrogen-bond acceptors (Lipinski definition) is 9. The molecule has 0 radical (unpaired) electrons. The maximum atomic E-state index is 14.7. The van der Waals surface area contributed by atoms with E-state index in [4.69, 9.17) is 30.8 Å². The second kappa shape index (κ2) is 12.3. The standard InChI is InChI=1S/C32H31ClFN5O5S/c1-5-43-31-38-37-28(45-31)15-44-29-22(34)7-9-23(36-29)20-13-21(33)19(10-17(20)2)12-27-35-24-8-6-18(30(40)41)11-25(24)39(27)26-14-42-16-32(26,3)4/h6-11,13,26H,5,12,14-16H2,1-4H3,(H,40,41)/t26-/m1/s1. The third kappa shape index (κ3) is 6.22. The molecule has 0 unspecified atom stereocenters. The SMILES string of the molecule is CCOc1nnc(COc2nc(-c3cc(Cl)c(Cc4nc5ccc(C(=O)O)cc5n4[C@@H]4COCC4(C)C)cc3C)ccc2F)s1. The molecule has 1 fully saturated rings. The molecule has 0 amide bonds. The molecule has 0 bridgehead atoms. The number of carboxylic acid groups (broad SMARTS) is 1. The molecule has 45 heavy (non-hydrogen) atoms. The van der Waals surface area contributed by atoms with Crippen LogP contribution in [0.15, 0.2) is 42.5 Å². The summed E-state index contributed by atoms with van der Waals surface area (Å²) in [5.74, 6) is -1.00. The highest BCUT2D eigenvalue weighted by atomic mass is 35.5. The summed E-state index contributed by atoms with van der Waals surface area (Å²) in [5.41, 5.74) is 4.39. The molecule has 0 spiro atoms. The maximum absolute atomic E-state index is 14.7. The number of aryl methyl sites for hydroxylation is 1. The average Bonchev–Trinajstić information content (AvgIpc) is 3.70. The van der Waals surface area contributed by atoms with Crippen molar-refractivity contribution in [3.63, 3.8) is 0 Å². The van der Waals surface area contributed by atoms with Crippen LogP contribution >= 0.6 is 22.9 Å². The molecule has 10 nitrogen and oxygen atoms in total. The van der Waals surface area contributed by atoms with Gasteiger partial charge in [-0.25, -0.2) is 19.2 Å². The average molecular weight is 652 g/mol. The molecule has 1 N–H and O–H groups in total. The van der Waals surface area contributed by atoms with Gasteiger partial charge in [-0.3, -0.25) is 0 Å². The number of ether oxygens (including phenoxy) is 3. The molecular weight excluding hydrogens is 621 g/mol. The zero-order chi connectivity index (χ0) is 31.9. The summed E-state index contributed by atoms with van der Waals surface area (Å²) in [7, 11) is 0. The molecule has 4 heterocycles. The Morgan fingerprint density at radius 3 is 2.73 bits per heavy atom. The van der Waals surface area contributed by atoms with Gasteiger partial charge < -0.3 is 23.9 Å². The van der Waals surface area contributed by atoms with Crippen LogP contribution in [0.3, 0.4) is 0 Å². The minimum absolute atomic E-state index is 0.00537. The number of benzene rings is 2. The van der Waals surface area contributed by atoms with Gasteiger partial charge in [0.25, 0.3) is 11.1 Å². The van der Waals surface area contributed by atoms with Crippen LogP contribution in [0.4, 0.5) is 4.39 Å². The highest BCUT2D eigenvalue weighted by Gasteiger charge is 2.39. The zero-order valence-electron chi connectivity index (χ0n) is 25.1. The molecule has 6 rings (SSSR count). The van der Waals surface area contributed by atoms with E-state index in [-0.39, 0.29) is 29.5 Å². The number of hydrogen-bond donors (Lipinski definition) is 1. The van der Waals surface area contributed by atoms with Gasteiger partial charge in [-0.05, 0) is 61.4 Å². The van der Waals surface area contributed by atoms with E-state index in [0.29, 0.717) is 52.7 Å². The Balaban J connectivity index is 1.31. The van der Waals surface area contributed by atoms with Crippen LogP contribution in [0, 0.1) is 18.2 Å². The minimum atomic E-state index is -0.999. The van der Waals surface area contributed by atoms with Gasteiger partial charge in [-0.2, -0.15) is 0 Å². The van der Waals surface area contributed by atoms with Crippen molar-refractivity contribution in [2.75, 3.05) is 19.8 Å². The van der Waals surface area contributed by atoms with Crippen molar-refractivity contribution in [2.45, 2.75) is 46.8 Å². The molecule has 1 aliphatic heterocycles. The Kier molecular flexibility index (Phi) is 8.47. The van der Waals surface area contributed by atoms with Crippen LogP contribution in [-0.2, 0) is 17.8 Å². The largest absolute Gasteiger partial charge is 0.478 e. The molecule has 234 valence electrons. The number of halogens is 2. The number of imidazole rings is 1. The molecular formula is C32H31ClFN5O5S. The van der Waals surface area contributed by atoms with Crippen LogP contribution in [0.1, 0.15) is 59.1 Å². The van der Waals surface area contributed by atoms with Gasteiger partial charge >= 0.3 is 5.97 Å². The molecule has 5 aromatic rings. The van der Waals surface area contributed by atoms with E-state index in [1.165, 1.54) is 17.4 Å². The Morgan fingerprint density at radius 1 is 1.18 bits per heavy atom. The molecule has 1 aliphatic rings. The van der Waals surface area contributed by atoms with Gasteiger partial charge in [0, 0.05) is 22.4 Å². The monoisotopic (exact) mass is 651 g/mol. The van der Waals surface area contributed by atoms with Crippen molar-refractivity contribution in [1.82, 2.24) is 24.7 Å². The van der Waals surface area contributed by atoms with Crippen LogP contribution in [0.5, 0.6) is 11.1 Å². The maximum Gasteiger partial charge on any atom is 0.335 e. The van der Waals surface area contributed by atoms with Crippen LogP contribution in [-0.4, -0.2) is 55.6 Å². The molecule has 1 saturated heterocycles. The Hall–Kier alpha value is -4.13. The van der Waals surface area contributed by atoms with E-state index < -0.39 is 11.8 Å². The predicted molar refractivity (Wildman–Crippen MR) is 168 cm³/mol. The van der Waals surface area contributed by atoms with Crippen molar-refractivity contribution in [2.24, 2.45) is 5.41 Å². The Labute approximate surface area is 267 Å². The fourth-order valence-corrected chi connectivity index (χ4v) is 6.42. The van der Waals surface area contributed by atoms with Gasteiger partial charge in [0.15, 0.2) is 10.8 Å². The molecule has 2 aromatic carbocycles. The molecule has 0 aliphatic carbocycles. The van der Waals surface area contributed by atoms with Gasteiger partial charge in [0.1, 0.15) is 12.4 Å². The molecule has 13 heteroatoms. The second-order valence-electron chi connectivity index (χ2n) is 11.5. The van der Waals surface area contributed by atoms with E-state index in [1.807, 2.05) is 26.0 Å². The number of carboxylic acids is 1. The summed E-state index contributed by atoms with van der Waals surface area (Å²) in [6, 6.07) is 11.6. The number of fused-ring (bicyclic) bond motifs is 1. The van der Waals surface area contributed by atoms with E-state index in [9.17, 15) is 14.3 Å². The Bertz CT molecular complexity index is 1910. The number of pyridine rings is 1. The van der Waals surface area contributed by atoms with Crippen LogP contribution in [0.25, 0.3) is 22.3 Å². The van der Waals surface area contributed by atoms with E-state index in [2.05, 4.69) is 33.6 Å². The highest BCUT2D eigenvalue weighted by molar-refractivity contribution is 7.13. The van der Waals surface area contributed by atoms with Crippen molar-refractivity contribution < 1.29 is 28.5 Å². The highest BCUT2D eigenvalue weighted by Crippen LogP contribution is 2.41. The summed E-state index contributed by atoms with van der Waals surface area (Å²) >= 11 is 8.10. The van der Waals surface area contributed by atoms with Crippen molar-refractivity contribution >= 4 is 39.9 Å². The number of rotatable bonds is 10. The summed E-state index contributed by atoms with van der Waals surface area (Å²) in [5, 5.41) is 19.0. The fraction of sp³-hybridized carbons (Fsp3) is 0.344. The number of aromatic carboxylic acids is 1. The predicted octanol–water partition coefficient (Wildman–Crippen LogP) is 6.91. The lowest BCUT2D eigenvalue weighted by Crippen LogP contribution is -2.27. The topological polar surface area (TPSA) is 121 Å². The van der Waals surface area contributed by atoms with Gasteiger partial charge in [-0.1, -0.05) is 48.0 Å². The minimum Gasteiger partial charge on any atom is -0.478 e. The smallest absolute Gasteiger partial charge is 0.335 e. The fourth-order valence-electron chi connectivity index (χ4n) is 5.53. The summed E-state index contributed by atoms with van der Waals surface area (Å²) < 4.78 is 33.6. The van der Waals surface area contributed by atoms with Crippen molar-refractivity contribution in [3.8, 4) is 22.3 Å². The third-order valence-corrected chi connectivity index (χ3v) is 9.01. The number of nitrogens with zero attached hydrogens (tertiary/aromatic N) is 5. The van der Waals surface area contributed by atoms with Gasteiger partial charge in [0.05, 0.1) is 48.2 Å². The summed E-state index contributed by atoms with van der Waals surface area (Å²) in [4.78, 5) is 21.1.